The number of aliphatic carboxylic acids is 1. The summed E-state index contributed by atoms with van der Waals surface area (Å²) in [4.78, 5) is 11.3. The van der Waals surface area contributed by atoms with Gasteiger partial charge in [-0.2, -0.15) is 0 Å². The van der Waals surface area contributed by atoms with Crippen molar-refractivity contribution in [2.75, 3.05) is 7.11 Å². The van der Waals surface area contributed by atoms with Crippen molar-refractivity contribution in [3.05, 3.63) is 63.8 Å². The minimum Gasteiger partial charge on any atom is -0.497 e. The van der Waals surface area contributed by atoms with E-state index in [4.69, 9.17) is 4.74 Å². The number of hydrogen-bond donors (Lipinski definition) is 1. The molecule has 140 valence electrons. The van der Waals surface area contributed by atoms with E-state index in [9.17, 15) is 9.90 Å². The maximum atomic E-state index is 11.3. The Hall–Kier alpha value is -2.27. The van der Waals surface area contributed by atoms with Crippen LogP contribution >= 0.6 is 15.9 Å². The summed E-state index contributed by atoms with van der Waals surface area (Å²) in [5, 5.41) is 10.4. The van der Waals surface area contributed by atoms with Gasteiger partial charge >= 0.3 is 5.97 Å². The highest BCUT2D eigenvalue weighted by molar-refractivity contribution is 9.10. The molecule has 4 rings (SSSR count). The quantitative estimate of drug-likeness (QED) is 0.599. The summed E-state index contributed by atoms with van der Waals surface area (Å²) in [6.45, 7) is 2.92. The Morgan fingerprint density at radius 3 is 2.63 bits per heavy atom. The molecule has 1 fully saturated rings. The molecule has 5 heteroatoms. The second-order valence-electron chi connectivity index (χ2n) is 7.30. The lowest BCUT2D eigenvalue weighted by Gasteiger charge is -2.10. The molecule has 0 bridgehead atoms. The fourth-order valence-electron chi connectivity index (χ4n) is 3.93. The Bertz CT molecular complexity index is 1010. The van der Waals surface area contributed by atoms with Crippen LogP contribution in [0.1, 0.15) is 23.2 Å². The van der Waals surface area contributed by atoms with Crippen LogP contribution in [0.5, 0.6) is 5.75 Å². The van der Waals surface area contributed by atoms with Crippen LogP contribution in [0.4, 0.5) is 0 Å². The van der Waals surface area contributed by atoms with Crippen LogP contribution in [0.2, 0.25) is 0 Å². The van der Waals surface area contributed by atoms with Crippen molar-refractivity contribution in [1.82, 2.24) is 4.57 Å². The van der Waals surface area contributed by atoms with Crippen molar-refractivity contribution in [2.24, 2.45) is 11.8 Å². The van der Waals surface area contributed by atoms with E-state index in [0.29, 0.717) is 0 Å². The molecule has 0 spiro atoms. The molecule has 0 unspecified atom stereocenters. The summed E-state index contributed by atoms with van der Waals surface area (Å²) >= 11 is 3.49. The van der Waals surface area contributed by atoms with E-state index >= 15 is 0 Å². The van der Waals surface area contributed by atoms with Crippen molar-refractivity contribution in [3.8, 4) is 5.75 Å². The lowest BCUT2D eigenvalue weighted by Crippen LogP contribution is -2.04. The second-order valence-corrected chi connectivity index (χ2v) is 8.22. The SMILES string of the molecule is COc1ccc2c(c1)c(C[C@H]1C[C@H]1C(=O)O)c(C)n2Cc1ccc(Br)cc1. The number of carbonyl (C=O) groups is 1. The van der Waals surface area contributed by atoms with Gasteiger partial charge in [0.2, 0.25) is 0 Å². The first-order valence-electron chi connectivity index (χ1n) is 9.11. The van der Waals surface area contributed by atoms with Crippen LogP contribution in [-0.2, 0) is 17.8 Å². The van der Waals surface area contributed by atoms with Crippen LogP contribution in [0.25, 0.3) is 10.9 Å². The van der Waals surface area contributed by atoms with Crippen LogP contribution < -0.4 is 4.74 Å². The monoisotopic (exact) mass is 427 g/mol. The number of aromatic nitrogens is 1. The van der Waals surface area contributed by atoms with E-state index in [2.05, 4.69) is 63.8 Å². The van der Waals surface area contributed by atoms with Crippen molar-refractivity contribution in [3.63, 3.8) is 0 Å². The van der Waals surface area contributed by atoms with Crippen molar-refractivity contribution in [1.29, 1.82) is 0 Å². The molecule has 0 radical (unpaired) electrons. The number of carboxylic acids is 1. The summed E-state index contributed by atoms with van der Waals surface area (Å²) in [5.41, 5.74) is 4.85. The third-order valence-corrected chi connectivity index (χ3v) is 6.15. The van der Waals surface area contributed by atoms with E-state index in [1.165, 1.54) is 27.7 Å². The predicted octanol–water partition coefficient (Wildman–Crippen LogP) is 5.03. The highest BCUT2D eigenvalue weighted by Gasteiger charge is 2.43. The van der Waals surface area contributed by atoms with Gasteiger partial charge in [0.1, 0.15) is 5.75 Å². The van der Waals surface area contributed by atoms with E-state index in [1.54, 1.807) is 7.11 Å². The normalized spacial score (nSPS) is 18.6. The van der Waals surface area contributed by atoms with Crippen molar-refractivity contribution < 1.29 is 14.6 Å². The molecule has 1 N–H and O–H groups in total. The molecule has 0 aliphatic heterocycles. The zero-order valence-corrected chi connectivity index (χ0v) is 17.0. The zero-order chi connectivity index (χ0) is 19.1. The molecule has 1 heterocycles. The Kier molecular flexibility index (Phi) is 4.72. The van der Waals surface area contributed by atoms with Crippen LogP contribution in [-0.4, -0.2) is 22.8 Å². The molecule has 2 atom stereocenters. The molecule has 1 aliphatic rings. The largest absolute Gasteiger partial charge is 0.497 e. The Labute approximate surface area is 166 Å². The number of halogens is 1. The maximum Gasteiger partial charge on any atom is 0.306 e. The molecule has 1 aromatic heterocycles. The first kappa shape index (κ1) is 18.1. The van der Waals surface area contributed by atoms with Gasteiger partial charge in [0.05, 0.1) is 13.0 Å². The highest BCUT2D eigenvalue weighted by atomic mass is 79.9. The van der Waals surface area contributed by atoms with Crippen LogP contribution in [0.15, 0.2) is 46.9 Å². The number of fused-ring (bicyclic) bond motifs is 1. The number of benzene rings is 2. The summed E-state index contributed by atoms with van der Waals surface area (Å²) in [7, 11) is 1.67. The minimum absolute atomic E-state index is 0.195. The van der Waals surface area contributed by atoms with Gasteiger partial charge in [-0.3, -0.25) is 4.79 Å². The third kappa shape index (κ3) is 3.48. The summed E-state index contributed by atoms with van der Waals surface area (Å²) in [5.74, 6) is 0.197. The molecule has 1 saturated carbocycles. The van der Waals surface area contributed by atoms with E-state index in [-0.39, 0.29) is 11.8 Å². The Morgan fingerprint density at radius 1 is 1.26 bits per heavy atom. The lowest BCUT2D eigenvalue weighted by atomic mass is 10.0. The molecule has 3 aromatic rings. The van der Waals surface area contributed by atoms with Gasteiger partial charge in [0.15, 0.2) is 0 Å². The maximum absolute atomic E-state index is 11.3. The van der Waals surface area contributed by atoms with Crippen LogP contribution in [0, 0.1) is 18.8 Å². The molecular weight excluding hydrogens is 406 g/mol. The first-order valence-corrected chi connectivity index (χ1v) is 9.90. The van der Waals surface area contributed by atoms with Gasteiger partial charge < -0.3 is 14.4 Å². The predicted molar refractivity (Wildman–Crippen MR) is 109 cm³/mol. The van der Waals surface area contributed by atoms with Crippen molar-refractivity contribution >= 4 is 32.8 Å². The standard InChI is InChI=1S/C22H22BrNO3/c1-13-18(9-15-10-19(15)22(25)26)20-11-17(27-2)7-8-21(20)24(13)12-14-3-5-16(23)6-4-14/h3-8,11,15,19H,9-10,12H2,1-2H3,(H,25,26)/t15-,19+/m0/s1. The number of carboxylic acid groups (broad SMARTS) is 1. The van der Waals surface area contributed by atoms with Gasteiger partial charge in [-0.15, -0.1) is 0 Å². The molecular formula is C22H22BrNO3. The summed E-state index contributed by atoms with van der Waals surface area (Å²) in [6.07, 6.45) is 1.58. The molecule has 2 aromatic carbocycles. The van der Waals surface area contributed by atoms with E-state index in [0.717, 1.165) is 29.6 Å². The topological polar surface area (TPSA) is 51.5 Å². The first-order chi connectivity index (χ1) is 13.0. The van der Waals surface area contributed by atoms with Crippen LogP contribution in [0.3, 0.4) is 0 Å². The summed E-state index contributed by atoms with van der Waals surface area (Å²) < 4.78 is 8.82. The number of ether oxygens (including phenoxy) is 1. The van der Waals surface area contributed by atoms with E-state index in [1.807, 2.05) is 6.07 Å². The highest BCUT2D eigenvalue weighted by Crippen LogP contribution is 2.43. The van der Waals surface area contributed by atoms with Gasteiger partial charge in [-0.1, -0.05) is 28.1 Å². The molecule has 0 amide bonds. The fraction of sp³-hybridized carbons (Fsp3) is 0.318. The number of hydrogen-bond acceptors (Lipinski definition) is 2. The second kappa shape index (κ2) is 7.04. The Balaban J connectivity index is 1.75. The number of rotatable bonds is 6. The smallest absolute Gasteiger partial charge is 0.306 e. The van der Waals surface area contributed by atoms with Gasteiger partial charge in [-0.25, -0.2) is 0 Å². The third-order valence-electron chi connectivity index (χ3n) is 5.62. The average Bonchev–Trinajstić information content (AvgIpc) is 3.40. The minimum atomic E-state index is -0.672. The Morgan fingerprint density at radius 2 is 2.00 bits per heavy atom. The molecule has 1 aliphatic carbocycles. The van der Waals surface area contributed by atoms with Gasteiger partial charge in [0, 0.05) is 27.6 Å². The van der Waals surface area contributed by atoms with Crippen molar-refractivity contribution in [2.45, 2.75) is 26.3 Å². The number of methoxy groups -OCH3 is 1. The number of nitrogens with zero attached hydrogens (tertiary/aromatic N) is 1. The molecule has 27 heavy (non-hydrogen) atoms. The lowest BCUT2D eigenvalue weighted by molar-refractivity contribution is -0.138. The van der Waals surface area contributed by atoms with Gasteiger partial charge in [-0.05, 0) is 67.1 Å². The van der Waals surface area contributed by atoms with E-state index < -0.39 is 5.97 Å². The summed E-state index contributed by atoms with van der Waals surface area (Å²) in [6, 6.07) is 14.5. The molecule has 0 saturated heterocycles. The molecule has 4 nitrogen and oxygen atoms in total. The average molecular weight is 428 g/mol. The fourth-order valence-corrected chi connectivity index (χ4v) is 4.19. The van der Waals surface area contributed by atoms with Gasteiger partial charge in [0.25, 0.3) is 0 Å². The zero-order valence-electron chi connectivity index (χ0n) is 15.4.